The Bertz CT molecular complexity index is 1660. The third-order valence-electron chi connectivity index (χ3n) is 6.73. The van der Waals surface area contributed by atoms with E-state index in [4.69, 9.17) is 5.10 Å². The van der Waals surface area contributed by atoms with E-state index in [-0.39, 0.29) is 17.4 Å². The van der Waals surface area contributed by atoms with Crippen molar-refractivity contribution in [3.05, 3.63) is 132 Å². The maximum atomic E-state index is 13.5. The van der Waals surface area contributed by atoms with Crippen LogP contribution in [-0.4, -0.2) is 10.7 Å². The predicted molar refractivity (Wildman–Crippen MR) is 146 cm³/mol. The number of alkyl halides is 3. The molecule has 0 saturated carbocycles. The minimum Gasteiger partial charge on any atom is -0.355 e. The van der Waals surface area contributed by atoms with E-state index in [9.17, 15) is 17.6 Å². The standard InChI is InChI=1S/C31H22F4N4/c32-23-12-9-20(10-13-23)28-19-30(39(38-28)25-7-2-1-3-8-25)21-5-4-6-24(17-21)37-27-15-16-36-29-18-22(31(33,34)35)11-14-26(27)29/h1-18,30H,19H2,(H,36,37). The van der Waals surface area contributed by atoms with Crippen LogP contribution in [0.5, 0.6) is 0 Å². The molecule has 0 radical (unpaired) electrons. The summed E-state index contributed by atoms with van der Waals surface area (Å²) in [5.41, 5.74) is 4.60. The molecule has 6 rings (SSSR count). The lowest BCUT2D eigenvalue weighted by atomic mass is 9.97. The Kier molecular flexibility index (Phi) is 6.23. The number of nitrogens with zero attached hydrogens (tertiary/aromatic N) is 3. The number of halogens is 4. The Labute approximate surface area is 222 Å². The van der Waals surface area contributed by atoms with Crippen molar-refractivity contribution in [2.45, 2.75) is 18.6 Å². The topological polar surface area (TPSA) is 40.5 Å². The van der Waals surface area contributed by atoms with Crippen LogP contribution in [0.25, 0.3) is 10.9 Å². The third kappa shape index (κ3) is 5.05. The summed E-state index contributed by atoms with van der Waals surface area (Å²) in [7, 11) is 0. The number of nitrogens with one attached hydrogen (secondary N) is 1. The number of hydrogen-bond acceptors (Lipinski definition) is 4. The van der Waals surface area contributed by atoms with Gasteiger partial charge in [0, 0.05) is 29.4 Å². The molecule has 1 aliphatic rings. The average Bonchev–Trinajstić information content (AvgIpc) is 3.39. The highest BCUT2D eigenvalue weighted by molar-refractivity contribution is 6.03. The first-order valence-corrected chi connectivity index (χ1v) is 12.4. The number of anilines is 3. The minimum atomic E-state index is -4.44. The fourth-order valence-electron chi connectivity index (χ4n) is 4.82. The van der Waals surface area contributed by atoms with Crippen molar-refractivity contribution in [2.24, 2.45) is 5.10 Å². The van der Waals surface area contributed by atoms with Crippen LogP contribution in [0.2, 0.25) is 0 Å². The highest BCUT2D eigenvalue weighted by Crippen LogP contribution is 2.38. The van der Waals surface area contributed by atoms with Crippen LogP contribution < -0.4 is 10.3 Å². The molecule has 8 heteroatoms. The number of hydrazone groups is 1. The molecule has 1 atom stereocenters. The number of rotatable bonds is 5. The van der Waals surface area contributed by atoms with Gasteiger partial charge in [-0.05, 0) is 65.7 Å². The Morgan fingerprint density at radius 3 is 2.38 bits per heavy atom. The summed E-state index contributed by atoms with van der Waals surface area (Å²) in [6.07, 6.45) is -2.33. The molecule has 1 aromatic heterocycles. The van der Waals surface area contributed by atoms with Gasteiger partial charge < -0.3 is 5.32 Å². The summed E-state index contributed by atoms with van der Waals surface area (Å²) in [6, 6.07) is 29.2. The maximum absolute atomic E-state index is 13.5. The van der Waals surface area contributed by atoms with Gasteiger partial charge in [0.1, 0.15) is 5.82 Å². The second kappa shape index (κ2) is 9.87. The minimum absolute atomic E-state index is 0.113. The van der Waals surface area contributed by atoms with Crippen LogP contribution in [0.4, 0.5) is 34.6 Å². The SMILES string of the molecule is Fc1ccc(C2=NN(c3ccccc3)C(c3cccc(Nc4ccnc5cc(C(F)(F)F)ccc45)c3)C2)cc1. The zero-order valence-electron chi connectivity index (χ0n) is 20.5. The second-order valence-corrected chi connectivity index (χ2v) is 9.29. The van der Waals surface area contributed by atoms with Crippen LogP contribution in [0.3, 0.4) is 0 Å². The molecule has 39 heavy (non-hydrogen) atoms. The van der Waals surface area contributed by atoms with Gasteiger partial charge in [0.2, 0.25) is 0 Å². The van der Waals surface area contributed by atoms with Crippen molar-refractivity contribution in [2.75, 3.05) is 10.3 Å². The molecule has 0 amide bonds. The van der Waals surface area contributed by atoms with Crippen LogP contribution in [0.1, 0.15) is 29.2 Å². The number of fused-ring (bicyclic) bond motifs is 1. The van der Waals surface area contributed by atoms with Gasteiger partial charge in [0.15, 0.2) is 0 Å². The molecule has 194 valence electrons. The van der Waals surface area contributed by atoms with Crippen LogP contribution in [0, 0.1) is 5.82 Å². The van der Waals surface area contributed by atoms with E-state index in [1.54, 1.807) is 18.2 Å². The van der Waals surface area contributed by atoms with Crippen molar-refractivity contribution >= 4 is 33.7 Å². The van der Waals surface area contributed by atoms with Crippen molar-refractivity contribution in [3.63, 3.8) is 0 Å². The van der Waals surface area contributed by atoms with Gasteiger partial charge >= 0.3 is 6.18 Å². The maximum Gasteiger partial charge on any atom is 0.416 e. The largest absolute Gasteiger partial charge is 0.416 e. The summed E-state index contributed by atoms with van der Waals surface area (Å²) in [5, 5.41) is 10.8. The first-order valence-electron chi connectivity index (χ1n) is 12.4. The van der Waals surface area contributed by atoms with Gasteiger partial charge in [-0.15, -0.1) is 0 Å². The summed E-state index contributed by atoms with van der Waals surface area (Å²) >= 11 is 0. The molecule has 0 aliphatic carbocycles. The molecular weight excluding hydrogens is 504 g/mol. The average molecular weight is 527 g/mol. The van der Waals surface area contributed by atoms with E-state index < -0.39 is 11.7 Å². The molecule has 4 aromatic carbocycles. The first kappa shape index (κ1) is 24.6. The molecular formula is C31H22F4N4. The summed E-state index contributed by atoms with van der Waals surface area (Å²) in [5.74, 6) is -0.300. The Hall–Kier alpha value is -4.72. The number of para-hydroxylation sites is 1. The predicted octanol–water partition coefficient (Wildman–Crippen LogP) is 8.49. The molecule has 0 spiro atoms. The molecule has 0 bridgehead atoms. The van der Waals surface area contributed by atoms with Crippen molar-refractivity contribution < 1.29 is 17.6 Å². The lowest BCUT2D eigenvalue weighted by Gasteiger charge is -2.24. The third-order valence-corrected chi connectivity index (χ3v) is 6.73. The Balaban J connectivity index is 1.33. The van der Waals surface area contributed by atoms with E-state index in [2.05, 4.69) is 10.3 Å². The fraction of sp³-hybridized carbons (Fsp3) is 0.0968. The fourth-order valence-corrected chi connectivity index (χ4v) is 4.82. The van der Waals surface area contributed by atoms with E-state index in [0.29, 0.717) is 17.5 Å². The van der Waals surface area contributed by atoms with Crippen LogP contribution >= 0.6 is 0 Å². The highest BCUT2D eigenvalue weighted by Gasteiger charge is 2.31. The highest BCUT2D eigenvalue weighted by atomic mass is 19.4. The van der Waals surface area contributed by atoms with Gasteiger partial charge in [-0.3, -0.25) is 9.99 Å². The second-order valence-electron chi connectivity index (χ2n) is 9.29. The van der Waals surface area contributed by atoms with Gasteiger partial charge in [0.25, 0.3) is 0 Å². The molecule has 1 aliphatic heterocycles. The van der Waals surface area contributed by atoms with E-state index in [1.807, 2.05) is 59.6 Å². The lowest BCUT2D eigenvalue weighted by molar-refractivity contribution is -0.137. The lowest BCUT2D eigenvalue weighted by Crippen LogP contribution is -2.18. The molecule has 5 aromatic rings. The number of hydrogen-bond donors (Lipinski definition) is 1. The molecule has 2 heterocycles. The number of pyridine rings is 1. The molecule has 0 fully saturated rings. The molecule has 1 N–H and O–H groups in total. The Morgan fingerprint density at radius 1 is 0.821 bits per heavy atom. The van der Waals surface area contributed by atoms with Crippen LogP contribution in [0.15, 0.2) is 114 Å². The number of aromatic nitrogens is 1. The van der Waals surface area contributed by atoms with Crippen molar-refractivity contribution in [1.82, 2.24) is 4.98 Å². The summed E-state index contributed by atoms with van der Waals surface area (Å²) in [6.45, 7) is 0. The van der Waals surface area contributed by atoms with E-state index in [0.717, 1.165) is 40.3 Å². The van der Waals surface area contributed by atoms with Crippen LogP contribution in [-0.2, 0) is 6.18 Å². The smallest absolute Gasteiger partial charge is 0.355 e. The van der Waals surface area contributed by atoms with E-state index >= 15 is 0 Å². The van der Waals surface area contributed by atoms with Crippen molar-refractivity contribution in [3.8, 4) is 0 Å². The van der Waals surface area contributed by atoms with Gasteiger partial charge in [-0.25, -0.2) is 4.39 Å². The zero-order valence-corrected chi connectivity index (χ0v) is 20.5. The molecule has 1 unspecified atom stereocenters. The van der Waals surface area contributed by atoms with E-state index in [1.165, 1.54) is 24.4 Å². The van der Waals surface area contributed by atoms with Gasteiger partial charge in [0.05, 0.1) is 28.5 Å². The summed E-state index contributed by atoms with van der Waals surface area (Å²) < 4.78 is 53.1. The zero-order chi connectivity index (χ0) is 27.0. The number of benzene rings is 4. The first-order chi connectivity index (χ1) is 18.8. The van der Waals surface area contributed by atoms with Gasteiger partial charge in [-0.2, -0.15) is 18.3 Å². The molecule has 4 nitrogen and oxygen atoms in total. The van der Waals surface area contributed by atoms with Crippen molar-refractivity contribution in [1.29, 1.82) is 0 Å². The molecule has 0 saturated heterocycles. The van der Waals surface area contributed by atoms with Gasteiger partial charge in [-0.1, -0.05) is 48.5 Å². The normalized spacial score (nSPS) is 15.4. The quantitative estimate of drug-likeness (QED) is 0.234. The summed E-state index contributed by atoms with van der Waals surface area (Å²) in [4.78, 5) is 4.14. The Morgan fingerprint density at radius 2 is 1.62 bits per heavy atom. The monoisotopic (exact) mass is 526 g/mol.